The van der Waals surface area contributed by atoms with E-state index in [0.29, 0.717) is 43.6 Å². The molecule has 3 N–H and O–H groups in total. The van der Waals surface area contributed by atoms with E-state index >= 15 is 8.78 Å². The maximum absolute atomic E-state index is 15.4. The van der Waals surface area contributed by atoms with Gasteiger partial charge in [0.05, 0.1) is 18.8 Å². The Kier molecular flexibility index (Phi) is 8.66. The second-order valence-electron chi connectivity index (χ2n) is 17.4. The highest BCUT2D eigenvalue weighted by atomic mass is 19.4. The first-order valence-corrected chi connectivity index (χ1v) is 17.4. The van der Waals surface area contributed by atoms with Crippen LogP contribution in [-0.4, -0.2) is 64.1 Å². The first kappa shape index (κ1) is 36.5. The lowest BCUT2D eigenvalue weighted by Gasteiger charge is -2.59. The van der Waals surface area contributed by atoms with Gasteiger partial charge in [-0.3, -0.25) is 0 Å². The van der Waals surface area contributed by atoms with Crippen molar-refractivity contribution in [3.05, 3.63) is 46.5 Å². The van der Waals surface area contributed by atoms with Crippen LogP contribution in [0.1, 0.15) is 110 Å². The summed E-state index contributed by atoms with van der Waals surface area (Å²) in [6.45, 7) is 11.9. The number of benzene rings is 1. The fourth-order valence-corrected chi connectivity index (χ4v) is 9.64. The monoisotopic (exact) mass is 699 g/mol. The van der Waals surface area contributed by atoms with E-state index in [9.17, 15) is 28.2 Å². The van der Waals surface area contributed by atoms with Crippen LogP contribution in [0.5, 0.6) is 0 Å². The van der Waals surface area contributed by atoms with Crippen LogP contribution in [0, 0.1) is 22.7 Å². The smallest absolute Gasteiger partial charge is 0.445 e. The minimum Gasteiger partial charge on any atom is -0.445 e. The van der Waals surface area contributed by atoms with Crippen molar-refractivity contribution in [2.75, 3.05) is 13.2 Å². The summed E-state index contributed by atoms with van der Waals surface area (Å²) in [7, 11) is 0. The van der Waals surface area contributed by atoms with Gasteiger partial charge in [-0.15, -0.1) is 0 Å². The average molecular weight is 700 g/mol. The van der Waals surface area contributed by atoms with Gasteiger partial charge in [-0.05, 0) is 87.8 Å². The van der Waals surface area contributed by atoms with Crippen molar-refractivity contribution >= 4 is 6.09 Å². The molecule has 5 aliphatic rings. The van der Waals surface area contributed by atoms with Crippen molar-refractivity contribution in [1.29, 1.82) is 0 Å². The third kappa shape index (κ3) is 6.10. The highest BCUT2D eigenvalue weighted by molar-refractivity contribution is 5.68. The topological polar surface area (TPSA) is 97.3 Å². The Morgan fingerprint density at radius 2 is 1.59 bits per heavy atom. The average Bonchev–Trinajstić information content (AvgIpc) is 3.27. The number of carbonyl (C=O) groups excluding carboxylic acids is 1. The molecule has 49 heavy (non-hydrogen) atoms. The van der Waals surface area contributed by atoms with Gasteiger partial charge < -0.3 is 29.7 Å². The summed E-state index contributed by atoms with van der Waals surface area (Å²) in [4.78, 5) is 12.2. The van der Waals surface area contributed by atoms with Crippen LogP contribution in [0.25, 0.3) is 0 Å². The minimum atomic E-state index is -5.92. The maximum Gasteiger partial charge on any atom is 0.456 e. The Balaban J connectivity index is 1.38. The number of halogens is 5. The van der Waals surface area contributed by atoms with Crippen molar-refractivity contribution in [2.45, 2.75) is 140 Å². The number of fused-ring (bicyclic) bond motifs is 4. The molecule has 7 nitrogen and oxygen atoms in total. The molecule has 1 saturated heterocycles. The van der Waals surface area contributed by atoms with Crippen LogP contribution in [0.4, 0.5) is 26.7 Å². The molecule has 0 aromatic heterocycles. The van der Waals surface area contributed by atoms with Gasteiger partial charge in [0.1, 0.15) is 12.2 Å². The third-order valence-corrected chi connectivity index (χ3v) is 12.1. The van der Waals surface area contributed by atoms with Crippen LogP contribution < -0.4 is 5.32 Å². The molecular formula is C37H50F5NO6. The van der Waals surface area contributed by atoms with Crippen LogP contribution in [0.2, 0.25) is 0 Å². The van der Waals surface area contributed by atoms with Gasteiger partial charge in [0.15, 0.2) is 5.79 Å². The Morgan fingerprint density at radius 1 is 0.959 bits per heavy atom. The summed E-state index contributed by atoms with van der Waals surface area (Å²) < 4.78 is 90.5. The van der Waals surface area contributed by atoms with Gasteiger partial charge in [0.2, 0.25) is 0 Å². The summed E-state index contributed by atoms with van der Waals surface area (Å²) in [6, 6.07) is 7.05. The van der Waals surface area contributed by atoms with E-state index in [1.807, 2.05) is 34.6 Å². The molecule has 1 heterocycles. The van der Waals surface area contributed by atoms with Gasteiger partial charge in [0.25, 0.3) is 0 Å². The number of carbonyl (C=O) groups is 1. The number of aliphatic hydroxyl groups is 2. The highest BCUT2D eigenvalue weighted by Crippen LogP contribution is 2.71. The molecule has 6 atom stereocenters. The molecule has 1 spiro atoms. The first-order valence-electron chi connectivity index (χ1n) is 17.4. The van der Waals surface area contributed by atoms with E-state index in [1.165, 1.54) is 6.92 Å². The zero-order valence-electron chi connectivity index (χ0n) is 29.2. The summed E-state index contributed by atoms with van der Waals surface area (Å²) in [5, 5.41) is 26.6. The molecule has 1 aromatic rings. The number of nitrogens with one attached hydrogen (secondary N) is 1. The number of allylic oxidation sites excluding steroid dienone is 1. The molecule has 12 heteroatoms. The molecule has 6 rings (SSSR count). The predicted molar refractivity (Wildman–Crippen MR) is 171 cm³/mol. The van der Waals surface area contributed by atoms with E-state index in [4.69, 9.17) is 14.2 Å². The zero-order chi connectivity index (χ0) is 36.1. The molecule has 3 saturated carbocycles. The number of alkyl halides is 5. The molecule has 1 aliphatic heterocycles. The number of hydrogen-bond donors (Lipinski definition) is 3. The standard InChI is InChI=1S/C37H50F5NO6/c1-30(2,3)43-29(44)47-18-22-7-9-23(10-8-22)25-17-32(6)26(13-16-35(32,46)36(38,39)37(40,41)42)24-11-14-33(45)19-34(15-12-27(33)28(24)25)48-20-31(4,5)21-49-34/h7-10,24-26,45-46H,11-21H2,1-6H3,(H,43,44)/t24?,25-,26?,32+,33?,35+/m1/s1. The lowest BCUT2D eigenvalue weighted by Crippen LogP contribution is -2.65. The number of amides is 1. The summed E-state index contributed by atoms with van der Waals surface area (Å²) >= 11 is 0. The van der Waals surface area contributed by atoms with E-state index in [0.717, 1.165) is 11.1 Å². The van der Waals surface area contributed by atoms with Crippen molar-refractivity contribution in [2.24, 2.45) is 22.7 Å². The minimum absolute atomic E-state index is 0.0173. The molecule has 1 amide bonds. The van der Waals surface area contributed by atoms with Crippen molar-refractivity contribution < 1.29 is 51.2 Å². The van der Waals surface area contributed by atoms with E-state index in [2.05, 4.69) is 5.32 Å². The molecule has 3 unspecified atom stereocenters. The van der Waals surface area contributed by atoms with E-state index < -0.39 is 70.3 Å². The molecule has 0 radical (unpaired) electrons. The summed E-state index contributed by atoms with van der Waals surface area (Å²) in [5.74, 6) is -7.95. The summed E-state index contributed by atoms with van der Waals surface area (Å²) in [5.41, 5.74) is -4.01. The quantitative estimate of drug-likeness (QED) is 0.218. The Bertz CT molecular complexity index is 1480. The highest BCUT2D eigenvalue weighted by Gasteiger charge is 2.79. The van der Waals surface area contributed by atoms with Crippen LogP contribution in [0.15, 0.2) is 35.4 Å². The van der Waals surface area contributed by atoms with Crippen LogP contribution in [0.3, 0.4) is 0 Å². The van der Waals surface area contributed by atoms with Crippen LogP contribution in [-0.2, 0) is 20.8 Å². The zero-order valence-corrected chi connectivity index (χ0v) is 29.2. The van der Waals surface area contributed by atoms with Gasteiger partial charge in [-0.25, -0.2) is 4.79 Å². The molecule has 274 valence electrons. The number of ether oxygens (including phenoxy) is 3. The number of rotatable bonds is 4. The summed E-state index contributed by atoms with van der Waals surface area (Å²) in [6.07, 6.45) is -5.54. The second kappa shape index (κ2) is 11.6. The molecule has 1 aromatic carbocycles. The van der Waals surface area contributed by atoms with Crippen molar-refractivity contribution in [3.8, 4) is 0 Å². The fraction of sp³-hybridized carbons (Fsp3) is 0.757. The Labute approximate surface area is 284 Å². The van der Waals surface area contributed by atoms with Crippen molar-refractivity contribution in [3.63, 3.8) is 0 Å². The number of alkyl carbamates (subject to hydrolysis) is 1. The normalized spacial score (nSPS) is 35.7. The second-order valence-corrected chi connectivity index (χ2v) is 17.4. The van der Waals surface area contributed by atoms with E-state index in [1.54, 1.807) is 24.3 Å². The first-order chi connectivity index (χ1) is 22.5. The van der Waals surface area contributed by atoms with Gasteiger partial charge >= 0.3 is 18.2 Å². The largest absolute Gasteiger partial charge is 0.456 e. The Hall–Kier alpha value is -2.28. The fourth-order valence-electron chi connectivity index (χ4n) is 9.64. The van der Waals surface area contributed by atoms with Gasteiger partial charge in [-0.2, -0.15) is 22.0 Å². The number of hydrogen-bond acceptors (Lipinski definition) is 6. The lowest BCUT2D eigenvalue weighted by molar-refractivity contribution is -0.362. The molecule has 0 bridgehead atoms. The van der Waals surface area contributed by atoms with Gasteiger partial charge in [0, 0.05) is 35.1 Å². The Morgan fingerprint density at radius 3 is 2.18 bits per heavy atom. The third-order valence-electron chi connectivity index (χ3n) is 12.1. The molecule has 4 aliphatic carbocycles. The predicted octanol–water partition coefficient (Wildman–Crippen LogP) is 7.93. The van der Waals surface area contributed by atoms with E-state index in [-0.39, 0.29) is 37.7 Å². The van der Waals surface area contributed by atoms with Gasteiger partial charge in [-0.1, -0.05) is 50.6 Å². The molecule has 4 fully saturated rings. The van der Waals surface area contributed by atoms with Crippen LogP contribution >= 0.6 is 0 Å². The SMILES string of the molecule is CC1(C)COC2(CCC3=C4C(CCC3(O)C2)C2CC[C@@](O)(C(F)(F)C(F)(F)F)[C@@]2(C)C[C@@H]4c2ccc(COC(=O)NC(C)(C)C)cc2)OC1. The maximum atomic E-state index is 15.4. The molecular weight excluding hydrogens is 649 g/mol. The lowest BCUT2D eigenvalue weighted by atomic mass is 9.49. The van der Waals surface area contributed by atoms with Crippen molar-refractivity contribution in [1.82, 2.24) is 5.32 Å².